The van der Waals surface area contributed by atoms with Gasteiger partial charge in [-0.1, -0.05) is 11.8 Å². The van der Waals surface area contributed by atoms with Crippen LogP contribution in [0.15, 0.2) is 47.6 Å². The number of anilines is 1. The second-order valence-corrected chi connectivity index (χ2v) is 8.22. The third-order valence-corrected chi connectivity index (χ3v) is 5.41. The second kappa shape index (κ2) is 10.4. The number of carbonyl (C=O) groups is 1. The molecule has 0 saturated heterocycles. The van der Waals surface area contributed by atoms with Gasteiger partial charge in [-0.15, -0.1) is 10.2 Å². The summed E-state index contributed by atoms with van der Waals surface area (Å²) in [6.07, 6.45) is -0.507. The maximum absolute atomic E-state index is 13.9. The van der Waals surface area contributed by atoms with Crippen molar-refractivity contribution in [3.05, 3.63) is 70.0 Å². The molecule has 1 N–H and O–H groups in total. The number of hydrogen-bond acceptors (Lipinski definition) is 7. The Morgan fingerprint density at radius 2 is 1.88 bits per heavy atom. The van der Waals surface area contributed by atoms with Gasteiger partial charge >= 0.3 is 0 Å². The molecule has 0 fully saturated rings. The maximum atomic E-state index is 13.9. The molecule has 3 rings (SSSR count). The van der Waals surface area contributed by atoms with Crippen molar-refractivity contribution in [2.75, 3.05) is 11.1 Å². The number of aromatic nitrogens is 3. The van der Waals surface area contributed by atoms with Crippen LogP contribution in [0.2, 0.25) is 0 Å². The van der Waals surface area contributed by atoms with Gasteiger partial charge in [-0.3, -0.25) is 14.9 Å². The van der Waals surface area contributed by atoms with Gasteiger partial charge in [0.15, 0.2) is 17.1 Å². The zero-order valence-electron chi connectivity index (χ0n) is 18.0. The van der Waals surface area contributed by atoms with Crippen molar-refractivity contribution in [2.45, 2.75) is 38.1 Å². The zero-order valence-corrected chi connectivity index (χ0v) is 18.8. The van der Waals surface area contributed by atoms with Crippen LogP contribution in [0.4, 0.5) is 20.2 Å². The molecule has 174 valence electrons. The molecule has 0 spiro atoms. The first-order valence-electron chi connectivity index (χ1n) is 9.89. The number of hydrogen-bond donors (Lipinski definition) is 1. The first kappa shape index (κ1) is 24.1. The second-order valence-electron chi connectivity index (χ2n) is 7.28. The number of non-ortho nitro benzene ring substituents is 1. The summed E-state index contributed by atoms with van der Waals surface area (Å²) in [5.74, 6) is -0.854. The lowest BCUT2D eigenvalue weighted by Crippen LogP contribution is -2.17. The summed E-state index contributed by atoms with van der Waals surface area (Å²) in [6, 6.07) is 8.44. The van der Waals surface area contributed by atoms with Crippen LogP contribution in [0.3, 0.4) is 0 Å². The first-order chi connectivity index (χ1) is 15.7. The summed E-state index contributed by atoms with van der Waals surface area (Å²) in [6.45, 7) is 5.61. The molecule has 1 heterocycles. The Morgan fingerprint density at radius 1 is 1.18 bits per heavy atom. The average Bonchev–Trinajstić information content (AvgIpc) is 3.20. The lowest BCUT2D eigenvalue weighted by molar-refractivity contribution is -0.384. The highest BCUT2D eigenvalue weighted by molar-refractivity contribution is 7.99. The largest absolute Gasteiger partial charge is 0.483 e. The van der Waals surface area contributed by atoms with Crippen molar-refractivity contribution in [2.24, 2.45) is 0 Å². The Kier molecular flexibility index (Phi) is 7.59. The summed E-state index contributed by atoms with van der Waals surface area (Å²) < 4.78 is 34.7. The number of nitro benzene ring substituents is 1. The SMILES string of the molecule is CC(Oc1ccc(F)cc1)c1nnc(SCC(=O)Nc2cc([N+](=O)[O-])ccc2F)n1C(C)C. The van der Waals surface area contributed by atoms with Gasteiger partial charge in [0, 0.05) is 18.2 Å². The number of thioether (sulfide) groups is 1. The number of ether oxygens (including phenoxy) is 1. The Hall–Kier alpha value is -3.54. The summed E-state index contributed by atoms with van der Waals surface area (Å²) in [7, 11) is 0. The summed E-state index contributed by atoms with van der Waals surface area (Å²) in [5, 5.41) is 22.0. The van der Waals surface area contributed by atoms with Crippen LogP contribution >= 0.6 is 11.8 Å². The van der Waals surface area contributed by atoms with Crippen LogP contribution in [0.25, 0.3) is 0 Å². The molecule has 33 heavy (non-hydrogen) atoms. The molecule has 12 heteroatoms. The molecule has 0 bridgehead atoms. The minimum atomic E-state index is -0.779. The molecule has 9 nitrogen and oxygen atoms in total. The number of nitro groups is 1. The summed E-state index contributed by atoms with van der Waals surface area (Å²) in [4.78, 5) is 22.5. The van der Waals surface area contributed by atoms with Crippen molar-refractivity contribution < 1.29 is 23.2 Å². The van der Waals surface area contributed by atoms with Gasteiger partial charge in [0.25, 0.3) is 5.69 Å². The number of rotatable bonds is 9. The normalized spacial score (nSPS) is 11.9. The van der Waals surface area contributed by atoms with Gasteiger partial charge in [-0.2, -0.15) is 0 Å². The molecule has 0 aliphatic carbocycles. The fourth-order valence-electron chi connectivity index (χ4n) is 2.96. The van der Waals surface area contributed by atoms with E-state index in [1.807, 2.05) is 13.8 Å². The van der Waals surface area contributed by atoms with E-state index in [1.165, 1.54) is 24.3 Å². The van der Waals surface area contributed by atoms with Crippen molar-refractivity contribution >= 4 is 29.0 Å². The Labute approximate surface area is 192 Å². The highest BCUT2D eigenvalue weighted by atomic mass is 32.2. The number of benzene rings is 2. The van der Waals surface area contributed by atoms with Crippen LogP contribution in [-0.2, 0) is 4.79 Å². The van der Waals surface area contributed by atoms with Gasteiger partial charge in [-0.25, -0.2) is 8.78 Å². The number of nitrogens with one attached hydrogen (secondary N) is 1. The predicted octanol–water partition coefficient (Wildman–Crippen LogP) is 4.92. The van der Waals surface area contributed by atoms with Crippen LogP contribution in [0.5, 0.6) is 5.75 Å². The summed E-state index contributed by atoms with van der Waals surface area (Å²) in [5.41, 5.74) is -0.610. The minimum absolute atomic E-state index is 0.0611. The maximum Gasteiger partial charge on any atom is 0.271 e. The van der Waals surface area contributed by atoms with Crippen molar-refractivity contribution in [3.8, 4) is 5.75 Å². The third-order valence-electron chi connectivity index (χ3n) is 4.46. The number of amides is 1. The topological polar surface area (TPSA) is 112 Å². The van der Waals surface area contributed by atoms with E-state index in [0.29, 0.717) is 16.7 Å². The highest BCUT2D eigenvalue weighted by Gasteiger charge is 2.22. The molecular weight excluding hydrogens is 456 g/mol. The molecule has 1 atom stereocenters. The molecule has 1 unspecified atom stereocenters. The zero-order chi connectivity index (χ0) is 24.1. The van der Waals surface area contributed by atoms with Crippen LogP contribution in [-0.4, -0.2) is 31.3 Å². The fourth-order valence-corrected chi connectivity index (χ4v) is 3.83. The molecular formula is C21H21F2N5O4S. The van der Waals surface area contributed by atoms with E-state index in [9.17, 15) is 23.7 Å². The quantitative estimate of drug-likeness (QED) is 0.265. The third kappa shape index (κ3) is 6.04. The van der Waals surface area contributed by atoms with E-state index >= 15 is 0 Å². The van der Waals surface area contributed by atoms with Gasteiger partial charge in [0.05, 0.1) is 16.4 Å². The van der Waals surface area contributed by atoms with Crippen LogP contribution < -0.4 is 10.1 Å². The van der Waals surface area contributed by atoms with E-state index in [-0.39, 0.29) is 29.0 Å². The molecule has 0 aliphatic heterocycles. The van der Waals surface area contributed by atoms with Crippen LogP contribution in [0.1, 0.15) is 38.7 Å². The standard InChI is InChI=1S/C21H21F2N5O4S/c1-12(2)27-20(13(3)32-16-7-4-14(22)5-8-16)25-26-21(27)33-11-19(29)24-18-10-15(28(30)31)6-9-17(18)23/h4-10,12-13H,11H2,1-3H3,(H,24,29). The van der Waals surface area contributed by atoms with Gasteiger partial charge in [0.1, 0.15) is 17.4 Å². The molecule has 1 aromatic heterocycles. The van der Waals surface area contributed by atoms with E-state index in [1.54, 1.807) is 11.5 Å². The first-order valence-corrected chi connectivity index (χ1v) is 10.9. The fraction of sp³-hybridized carbons (Fsp3) is 0.286. The number of carbonyl (C=O) groups excluding carboxylic acids is 1. The molecule has 0 radical (unpaired) electrons. The van der Waals surface area contributed by atoms with Crippen molar-refractivity contribution in [1.82, 2.24) is 14.8 Å². The molecule has 1 amide bonds. The molecule has 3 aromatic rings. The smallest absolute Gasteiger partial charge is 0.271 e. The molecule has 0 saturated carbocycles. The van der Waals surface area contributed by atoms with Crippen molar-refractivity contribution in [1.29, 1.82) is 0 Å². The Morgan fingerprint density at radius 3 is 2.52 bits per heavy atom. The Balaban J connectivity index is 1.69. The van der Waals surface area contributed by atoms with E-state index in [4.69, 9.17) is 4.74 Å². The number of nitrogens with zero attached hydrogens (tertiary/aromatic N) is 4. The summed E-state index contributed by atoms with van der Waals surface area (Å²) >= 11 is 1.08. The Bertz CT molecular complexity index is 1150. The average molecular weight is 477 g/mol. The molecule has 2 aromatic carbocycles. The van der Waals surface area contributed by atoms with E-state index in [0.717, 1.165) is 30.0 Å². The van der Waals surface area contributed by atoms with Crippen molar-refractivity contribution in [3.63, 3.8) is 0 Å². The monoisotopic (exact) mass is 477 g/mol. The molecule has 0 aliphatic rings. The number of halogens is 2. The minimum Gasteiger partial charge on any atom is -0.483 e. The predicted molar refractivity (Wildman–Crippen MR) is 118 cm³/mol. The van der Waals surface area contributed by atoms with E-state index in [2.05, 4.69) is 15.5 Å². The van der Waals surface area contributed by atoms with E-state index < -0.39 is 22.8 Å². The highest BCUT2D eigenvalue weighted by Crippen LogP contribution is 2.28. The van der Waals surface area contributed by atoms with Crippen LogP contribution in [0, 0.1) is 21.7 Å². The van der Waals surface area contributed by atoms with Gasteiger partial charge in [-0.05, 0) is 51.1 Å². The lowest BCUT2D eigenvalue weighted by Gasteiger charge is -2.18. The lowest BCUT2D eigenvalue weighted by atomic mass is 10.2. The van der Waals surface area contributed by atoms with Gasteiger partial charge < -0.3 is 14.6 Å². The van der Waals surface area contributed by atoms with Gasteiger partial charge in [0.2, 0.25) is 5.91 Å².